The van der Waals surface area contributed by atoms with Gasteiger partial charge in [0.05, 0.1) is 26.2 Å². The maximum Gasteiger partial charge on any atom is 0.370 e. The van der Waals surface area contributed by atoms with Crippen molar-refractivity contribution in [3.8, 4) is 5.75 Å². The Bertz CT molecular complexity index is 864. The van der Waals surface area contributed by atoms with Crippen molar-refractivity contribution in [3.63, 3.8) is 0 Å². The summed E-state index contributed by atoms with van der Waals surface area (Å²) in [7, 11) is 0. The molecule has 0 saturated carbocycles. The standard InChI is InChI=1S/C16H8Cl3NO5/c17-10-5-12(19)13(6-11(10)18)24-7-14(21)25-20-15(22)8-3-1-2-4-9(8)16(20)23/h1-6H,7H2. The molecule has 0 unspecified atom stereocenters. The Morgan fingerprint density at radius 1 is 0.920 bits per heavy atom. The Morgan fingerprint density at radius 3 is 2.08 bits per heavy atom. The van der Waals surface area contributed by atoms with E-state index in [0.717, 1.165) is 0 Å². The number of imide groups is 1. The number of carbonyl (C=O) groups is 3. The minimum atomic E-state index is -0.961. The van der Waals surface area contributed by atoms with Crippen LogP contribution in [0.5, 0.6) is 5.75 Å². The highest BCUT2D eigenvalue weighted by molar-refractivity contribution is 6.43. The molecule has 0 aliphatic carbocycles. The van der Waals surface area contributed by atoms with Crippen molar-refractivity contribution in [1.29, 1.82) is 0 Å². The van der Waals surface area contributed by atoms with Crippen LogP contribution in [0.3, 0.4) is 0 Å². The number of rotatable bonds is 4. The van der Waals surface area contributed by atoms with E-state index in [1.807, 2.05) is 0 Å². The van der Waals surface area contributed by atoms with E-state index < -0.39 is 24.4 Å². The molecule has 0 aromatic heterocycles. The Hall–Kier alpha value is -2.28. The third-order valence-electron chi connectivity index (χ3n) is 3.27. The zero-order valence-corrected chi connectivity index (χ0v) is 14.6. The summed E-state index contributed by atoms with van der Waals surface area (Å²) in [6.45, 7) is -0.592. The van der Waals surface area contributed by atoms with Crippen LogP contribution >= 0.6 is 34.8 Å². The van der Waals surface area contributed by atoms with Gasteiger partial charge in [0, 0.05) is 6.07 Å². The van der Waals surface area contributed by atoms with E-state index in [4.69, 9.17) is 44.4 Å². The van der Waals surface area contributed by atoms with Gasteiger partial charge in [-0.1, -0.05) is 52.0 Å². The lowest BCUT2D eigenvalue weighted by Crippen LogP contribution is -2.34. The molecule has 2 aromatic rings. The van der Waals surface area contributed by atoms with Crippen LogP contribution in [-0.4, -0.2) is 29.5 Å². The summed E-state index contributed by atoms with van der Waals surface area (Å²) in [5.74, 6) is -2.30. The molecule has 6 nitrogen and oxygen atoms in total. The fraction of sp³-hybridized carbons (Fsp3) is 0.0625. The summed E-state index contributed by atoms with van der Waals surface area (Å²) in [5, 5.41) is 0.956. The molecule has 25 heavy (non-hydrogen) atoms. The maximum absolute atomic E-state index is 12.1. The minimum absolute atomic E-state index is 0.107. The van der Waals surface area contributed by atoms with Crippen molar-refractivity contribution >= 4 is 52.6 Å². The third-order valence-corrected chi connectivity index (χ3v) is 4.29. The number of amides is 2. The fourth-order valence-electron chi connectivity index (χ4n) is 2.13. The number of benzene rings is 2. The Morgan fingerprint density at radius 2 is 1.48 bits per heavy atom. The highest BCUT2D eigenvalue weighted by Crippen LogP contribution is 2.33. The van der Waals surface area contributed by atoms with Crippen molar-refractivity contribution in [2.75, 3.05) is 6.61 Å². The number of hydrogen-bond donors (Lipinski definition) is 0. The van der Waals surface area contributed by atoms with Gasteiger partial charge < -0.3 is 9.57 Å². The van der Waals surface area contributed by atoms with E-state index >= 15 is 0 Å². The molecule has 0 fully saturated rings. The van der Waals surface area contributed by atoms with Crippen LogP contribution in [-0.2, 0) is 9.63 Å². The molecule has 0 atom stereocenters. The summed E-state index contributed by atoms with van der Waals surface area (Å²) in [6.07, 6.45) is 0. The average molecular weight is 401 g/mol. The second kappa shape index (κ2) is 6.92. The van der Waals surface area contributed by atoms with Crippen molar-refractivity contribution in [2.45, 2.75) is 0 Å². The Balaban J connectivity index is 1.65. The zero-order chi connectivity index (χ0) is 18.1. The van der Waals surface area contributed by atoms with Gasteiger partial charge in [0.1, 0.15) is 5.75 Å². The largest absolute Gasteiger partial charge is 0.480 e. The smallest absolute Gasteiger partial charge is 0.370 e. The number of fused-ring (bicyclic) bond motifs is 1. The molecular weight excluding hydrogens is 393 g/mol. The monoisotopic (exact) mass is 399 g/mol. The number of hydroxylamine groups is 2. The number of hydrogen-bond acceptors (Lipinski definition) is 5. The van der Waals surface area contributed by atoms with E-state index in [9.17, 15) is 14.4 Å². The van der Waals surface area contributed by atoms with Crippen LogP contribution in [0, 0.1) is 0 Å². The van der Waals surface area contributed by atoms with Gasteiger partial charge in [-0.25, -0.2) is 4.79 Å². The predicted molar refractivity (Wildman–Crippen MR) is 90.0 cm³/mol. The van der Waals surface area contributed by atoms with Gasteiger partial charge in [-0.05, 0) is 18.2 Å². The first-order valence-electron chi connectivity index (χ1n) is 6.84. The number of carbonyl (C=O) groups excluding carboxylic acids is 3. The second-order valence-electron chi connectivity index (χ2n) is 4.90. The van der Waals surface area contributed by atoms with Crippen LogP contribution in [0.4, 0.5) is 0 Å². The summed E-state index contributed by atoms with van der Waals surface area (Å²) in [4.78, 5) is 40.9. The van der Waals surface area contributed by atoms with E-state index in [-0.39, 0.29) is 31.9 Å². The molecular formula is C16H8Cl3NO5. The van der Waals surface area contributed by atoms with Crippen LogP contribution in [0.15, 0.2) is 36.4 Å². The number of nitrogens with zero attached hydrogens (tertiary/aromatic N) is 1. The quantitative estimate of drug-likeness (QED) is 0.577. The van der Waals surface area contributed by atoms with Gasteiger partial charge in [-0.15, -0.1) is 0 Å². The fourth-order valence-corrected chi connectivity index (χ4v) is 2.72. The molecule has 1 aliphatic heterocycles. The average Bonchev–Trinajstić information content (AvgIpc) is 2.82. The van der Waals surface area contributed by atoms with Gasteiger partial charge in [-0.3, -0.25) is 9.59 Å². The number of ether oxygens (including phenoxy) is 1. The maximum atomic E-state index is 12.1. The highest BCUT2D eigenvalue weighted by Gasteiger charge is 2.38. The van der Waals surface area contributed by atoms with E-state index in [2.05, 4.69) is 0 Å². The summed E-state index contributed by atoms with van der Waals surface area (Å²) >= 11 is 17.6. The van der Waals surface area contributed by atoms with Crippen LogP contribution in [0.1, 0.15) is 20.7 Å². The molecule has 1 aliphatic rings. The van der Waals surface area contributed by atoms with Gasteiger partial charge >= 0.3 is 5.97 Å². The molecule has 0 N–H and O–H groups in total. The molecule has 0 saturated heterocycles. The first-order chi connectivity index (χ1) is 11.9. The van der Waals surface area contributed by atoms with Gasteiger partial charge in [0.15, 0.2) is 6.61 Å². The Kier molecular flexibility index (Phi) is 4.85. The predicted octanol–water partition coefficient (Wildman–Crippen LogP) is 3.78. The molecule has 0 bridgehead atoms. The van der Waals surface area contributed by atoms with Crippen molar-refractivity contribution in [1.82, 2.24) is 5.06 Å². The second-order valence-corrected chi connectivity index (χ2v) is 6.12. The van der Waals surface area contributed by atoms with Crippen molar-refractivity contribution in [2.24, 2.45) is 0 Å². The Labute approximate surface area is 156 Å². The van der Waals surface area contributed by atoms with Crippen LogP contribution in [0.25, 0.3) is 0 Å². The molecule has 3 rings (SSSR count). The normalized spacial score (nSPS) is 13.0. The summed E-state index contributed by atoms with van der Waals surface area (Å²) in [5.41, 5.74) is 0.322. The lowest BCUT2D eigenvalue weighted by molar-refractivity contribution is -0.170. The molecule has 0 spiro atoms. The summed E-state index contributed by atoms with van der Waals surface area (Å²) in [6, 6.07) is 8.83. The molecule has 1 heterocycles. The number of halogens is 3. The third kappa shape index (κ3) is 3.42. The van der Waals surface area contributed by atoms with E-state index in [1.54, 1.807) is 12.1 Å². The topological polar surface area (TPSA) is 72.9 Å². The lowest BCUT2D eigenvalue weighted by Gasteiger charge is -2.13. The first kappa shape index (κ1) is 17.5. The van der Waals surface area contributed by atoms with Gasteiger partial charge in [-0.2, -0.15) is 0 Å². The first-order valence-corrected chi connectivity index (χ1v) is 7.98. The minimum Gasteiger partial charge on any atom is -0.480 e. The molecule has 2 amide bonds. The van der Waals surface area contributed by atoms with Crippen molar-refractivity contribution < 1.29 is 24.0 Å². The molecule has 2 aromatic carbocycles. The van der Waals surface area contributed by atoms with Gasteiger partial charge in [0.2, 0.25) is 0 Å². The highest BCUT2D eigenvalue weighted by atomic mass is 35.5. The lowest BCUT2D eigenvalue weighted by atomic mass is 10.1. The SMILES string of the molecule is O=C(COc1cc(Cl)c(Cl)cc1Cl)ON1C(=O)c2ccccc2C1=O. The van der Waals surface area contributed by atoms with Crippen molar-refractivity contribution in [3.05, 3.63) is 62.6 Å². The molecule has 0 radical (unpaired) electrons. The van der Waals surface area contributed by atoms with E-state index in [0.29, 0.717) is 5.06 Å². The van der Waals surface area contributed by atoms with E-state index in [1.165, 1.54) is 24.3 Å². The van der Waals surface area contributed by atoms with Crippen LogP contribution < -0.4 is 4.74 Å². The zero-order valence-electron chi connectivity index (χ0n) is 12.3. The molecule has 9 heteroatoms. The van der Waals surface area contributed by atoms with Crippen LogP contribution in [0.2, 0.25) is 15.1 Å². The molecule has 128 valence electrons. The van der Waals surface area contributed by atoms with Gasteiger partial charge in [0.25, 0.3) is 11.8 Å². The summed E-state index contributed by atoms with van der Waals surface area (Å²) < 4.78 is 5.19.